The molecule has 0 atom stereocenters. The Bertz CT molecular complexity index is 615. The molecule has 0 N–H and O–H groups in total. The molecule has 0 unspecified atom stereocenters. The van der Waals surface area contributed by atoms with Gasteiger partial charge in [0.25, 0.3) is 0 Å². The lowest BCUT2D eigenvalue weighted by atomic mass is 10.0. The molecule has 0 spiro atoms. The number of hydrogen-bond donors (Lipinski definition) is 0. The highest BCUT2D eigenvalue weighted by Gasteiger charge is 2.16. The maximum Gasteiger partial charge on any atom is 0.338 e. The first-order valence-electron chi connectivity index (χ1n) is 6.24. The lowest BCUT2D eigenvalue weighted by Crippen LogP contribution is -2.05. The normalized spacial score (nSPS) is 11.0. The van der Waals surface area contributed by atoms with Gasteiger partial charge in [0.05, 0.1) is 19.8 Å². The lowest BCUT2D eigenvalue weighted by Gasteiger charge is -2.10. The van der Waals surface area contributed by atoms with Crippen molar-refractivity contribution >= 4 is 17.6 Å². The molecule has 0 aliphatic carbocycles. The van der Waals surface area contributed by atoms with E-state index >= 15 is 0 Å². The SMILES string of the molecule is COC(=O)C(=Cc1ccccc1)c1ccccc1OC. The van der Waals surface area contributed by atoms with Crippen molar-refractivity contribution in [1.29, 1.82) is 0 Å². The molecule has 0 heterocycles. The molecular formula is C17H16O3. The molecule has 3 heteroatoms. The monoisotopic (exact) mass is 268 g/mol. The summed E-state index contributed by atoms with van der Waals surface area (Å²) >= 11 is 0. The molecule has 0 bridgehead atoms. The van der Waals surface area contributed by atoms with Gasteiger partial charge in [-0.3, -0.25) is 0 Å². The molecule has 0 aromatic heterocycles. The van der Waals surface area contributed by atoms with Crippen LogP contribution in [0.1, 0.15) is 11.1 Å². The Kier molecular flexibility index (Phi) is 4.56. The minimum Gasteiger partial charge on any atom is -0.496 e. The molecule has 0 aliphatic heterocycles. The van der Waals surface area contributed by atoms with Crippen LogP contribution in [0.2, 0.25) is 0 Å². The predicted molar refractivity (Wildman–Crippen MR) is 79.3 cm³/mol. The van der Waals surface area contributed by atoms with Gasteiger partial charge in [0.15, 0.2) is 0 Å². The highest BCUT2D eigenvalue weighted by molar-refractivity contribution is 6.22. The number of carbonyl (C=O) groups is 1. The quantitative estimate of drug-likeness (QED) is 0.484. The fourth-order valence-corrected chi connectivity index (χ4v) is 1.94. The third-order valence-corrected chi connectivity index (χ3v) is 2.91. The standard InChI is InChI=1S/C17H16O3/c1-19-16-11-7-6-10-14(16)15(17(18)20-2)12-13-8-4-3-5-9-13/h3-12H,1-2H3. The van der Waals surface area contributed by atoms with Gasteiger partial charge in [0.2, 0.25) is 0 Å². The van der Waals surface area contributed by atoms with E-state index in [4.69, 9.17) is 9.47 Å². The summed E-state index contributed by atoms with van der Waals surface area (Å²) in [5, 5.41) is 0. The summed E-state index contributed by atoms with van der Waals surface area (Å²) in [6.45, 7) is 0. The van der Waals surface area contributed by atoms with Crippen LogP contribution in [0, 0.1) is 0 Å². The summed E-state index contributed by atoms with van der Waals surface area (Å²) < 4.78 is 10.2. The topological polar surface area (TPSA) is 35.5 Å². The van der Waals surface area contributed by atoms with Gasteiger partial charge in [-0.1, -0.05) is 48.5 Å². The summed E-state index contributed by atoms with van der Waals surface area (Å²) in [7, 11) is 2.95. The Morgan fingerprint density at radius 1 is 0.950 bits per heavy atom. The van der Waals surface area contributed by atoms with Gasteiger partial charge >= 0.3 is 5.97 Å². The summed E-state index contributed by atoms with van der Waals surface area (Å²) in [5.74, 6) is 0.249. The van der Waals surface area contributed by atoms with E-state index in [1.165, 1.54) is 7.11 Å². The van der Waals surface area contributed by atoms with Crippen LogP contribution in [-0.4, -0.2) is 20.2 Å². The highest BCUT2D eigenvalue weighted by Crippen LogP contribution is 2.28. The van der Waals surface area contributed by atoms with Crippen LogP contribution in [0.4, 0.5) is 0 Å². The number of esters is 1. The van der Waals surface area contributed by atoms with E-state index in [0.29, 0.717) is 16.9 Å². The Morgan fingerprint density at radius 3 is 2.25 bits per heavy atom. The number of benzene rings is 2. The molecule has 0 saturated carbocycles. The van der Waals surface area contributed by atoms with E-state index in [9.17, 15) is 4.79 Å². The predicted octanol–water partition coefficient (Wildman–Crippen LogP) is 3.41. The first-order valence-corrected chi connectivity index (χ1v) is 6.24. The second-order valence-corrected chi connectivity index (χ2v) is 4.16. The number of methoxy groups -OCH3 is 2. The average Bonchev–Trinajstić information content (AvgIpc) is 2.53. The van der Waals surface area contributed by atoms with Crippen LogP contribution < -0.4 is 4.74 Å². The van der Waals surface area contributed by atoms with E-state index in [1.807, 2.05) is 54.6 Å². The van der Waals surface area contributed by atoms with E-state index in [2.05, 4.69) is 0 Å². The molecule has 2 rings (SSSR count). The molecule has 2 aromatic carbocycles. The Morgan fingerprint density at radius 2 is 1.60 bits per heavy atom. The van der Waals surface area contributed by atoms with Crippen molar-refractivity contribution < 1.29 is 14.3 Å². The average molecular weight is 268 g/mol. The number of ether oxygens (including phenoxy) is 2. The summed E-state index contributed by atoms with van der Waals surface area (Å²) in [6, 6.07) is 17.0. The second-order valence-electron chi connectivity index (χ2n) is 4.16. The molecule has 102 valence electrons. The van der Waals surface area contributed by atoms with Crippen LogP contribution >= 0.6 is 0 Å². The second kappa shape index (κ2) is 6.57. The minimum atomic E-state index is -0.390. The third kappa shape index (κ3) is 3.06. The van der Waals surface area contributed by atoms with Crippen LogP contribution in [0.3, 0.4) is 0 Å². The Balaban J connectivity index is 2.54. The molecule has 20 heavy (non-hydrogen) atoms. The van der Waals surface area contributed by atoms with Crippen molar-refractivity contribution in [3.8, 4) is 5.75 Å². The van der Waals surface area contributed by atoms with Gasteiger partial charge in [-0.15, -0.1) is 0 Å². The molecule has 0 fully saturated rings. The summed E-state index contributed by atoms with van der Waals surface area (Å²) in [6.07, 6.45) is 1.80. The van der Waals surface area contributed by atoms with Crippen LogP contribution in [0.5, 0.6) is 5.75 Å². The van der Waals surface area contributed by atoms with Crippen molar-refractivity contribution in [2.75, 3.05) is 14.2 Å². The van der Waals surface area contributed by atoms with E-state index < -0.39 is 5.97 Å². The van der Waals surface area contributed by atoms with Crippen molar-refractivity contribution in [2.24, 2.45) is 0 Å². The zero-order valence-electron chi connectivity index (χ0n) is 11.5. The van der Waals surface area contributed by atoms with Crippen molar-refractivity contribution in [3.63, 3.8) is 0 Å². The van der Waals surface area contributed by atoms with E-state index in [0.717, 1.165) is 5.56 Å². The first-order chi connectivity index (χ1) is 9.76. The lowest BCUT2D eigenvalue weighted by molar-refractivity contribution is -0.133. The molecule has 0 amide bonds. The van der Waals surface area contributed by atoms with Gasteiger partial charge in [-0.25, -0.2) is 4.79 Å². The van der Waals surface area contributed by atoms with Gasteiger partial charge < -0.3 is 9.47 Å². The first kappa shape index (κ1) is 13.9. The van der Waals surface area contributed by atoms with Crippen LogP contribution in [0.25, 0.3) is 11.6 Å². The van der Waals surface area contributed by atoms with Crippen molar-refractivity contribution in [2.45, 2.75) is 0 Å². The Hall–Kier alpha value is -2.55. The molecule has 3 nitrogen and oxygen atoms in total. The number of hydrogen-bond acceptors (Lipinski definition) is 3. The highest BCUT2D eigenvalue weighted by atomic mass is 16.5. The van der Waals surface area contributed by atoms with Crippen molar-refractivity contribution in [1.82, 2.24) is 0 Å². The fraction of sp³-hybridized carbons (Fsp3) is 0.118. The maximum atomic E-state index is 12.0. The van der Waals surface area contributed by atoms with E-state index in [-0.39, 0.29) is 0 Å². The largest absolute Gasteiger partial charge is 0.496 e. The van der Waals surface area contributed by atoms with Gasteiger partial charge in [-0.05, 0) is 17.7 Å². The number of para-hydroxylation sites is 1. The number of rotatable bonds is 4. The zero-order valence-corrected chi connectivity index (χ0v) is 11.5. The fourth-order valence-electron chi connectivity index (χ4n) is 1.94. The minimum absolute atomic E-state index is 0.390. The maximum absolute atomic E-state index is 12.0. The number of carbonyl (C=O) groups excluding carboxylic acids is 1. The van der Waals surface area contributed by atoms with Gasteiger partial charge in [-0.2, -0.15) is 0 Å². The summed E-state index contributed by atoms with van der Waals surface area (Å²) in [5.41, 5.74) is 2.11. The molecule has 0 saturated heterocycles. The van der Waals surface area contributed by atoms with Crippen LogP contribution in [0.15, 0.2) is 54.6 Å². The molecule has 0 radical (unpaired) electrons. The van der Waals surface area contributed by atoms with Gasteiger partial charge in [0, 0.05) is 5.56 Å². The smallest absolute Gasteiger partial charge is 0.338 e. The van der Waals surface area contributed by atoms with Crippen molar-refractivity contribution in [3.05, 3.63) is 65.7 Å². The molecule has 2 aromatic rings. The third-order valence-electron chi connectivity index (χ3n) is 2.91. The van der Waals surface area contributed by atoms with Crippen LogP contribution in [-0.2, 0) is 9.53 Å². The molecular weight excluding hydrogens is 252 g/mol. The van der Waals surface area contributed by atoms with E-state index in [1.54, 1.807) is 13.2 Å². The summed E-state index contributed by atoms with van der Waals surface area (Å²) in [4.78, 5) is 12.0. The Labute approximate surface area is 118 Å². The zero-order chi connectivity index (χ0) is 14.4. The molecule has 0 aliphatic rings. The van der Waals surface area contributed by atoms with Gasteiger partial charge in [0.1, 0.15) is 5.75 Å².